The Morgan fingerprint density at radius 2 is 2.21 bits per heavy atom. The molecule has 0 radical (unpaired) electrons. The molecule has 1 aromatic carbocycles. The summed E-state index contributed by atoms with van der Waals surface area (Å²) in [6.45, 7) is 0. The Morgan fingerprint density at radius 1 is 1.37 bits per heavy atom. The molecule has 3 rings (SSSR count). The number of methoxy groups -OCH3 is 1. The molecule has 0 amide bonds. The van der Waals surface area contributed by atoms with Gasteiger partial charge in [0.1, 0.15) is 5.75 Å². The molecule has 2 aromatic heterocycles. The van der Waals surface area contributed by atoms with Gasteiger partial charge in [0.25, 0.3) is 4.84 Å². The average Bonchev–Trinajstić information content (AvgIpc) is 2.76. The Labute approximate surface area is 113 Å². The van der Waals surface area contributed by atoms with Gasteiger partial charge in [0.05, 0.1) is 18.2 Å². The van der Waals surface area contributed by atoms with E-state index in [0.717, 1.165) is 5.39 Å². The van der Waals surface area contributed by atoms with Gasteiger partial charge in [-0.3, -0.25) is 9.97 Å². The molecule has 0 atom stereocenters. The van der Waals surface area contributed by atoms with Crippen LogP contribution in [0.1, 0.15) is 0 Å². The van der Waals surface area contributed by atoms with Crippen molar-refractivity contribution < 1.29 is 14.3 Å². The largest absolute Gasteiger partial charge is 0.496 e. The number of H-pyrrole nitrogens is 1. The van der Waals surface area contributed by atoms with E-state index in [1.54, 1.807) is 19.4 Å². The van der Waals surface area contributed by atoms with Gasteiger partial charge in [0, 0.05) is 11.6 Å². The third-order valence-electron chi connectivity index (χ3n) is 2.81. The molecule has 0 bridgehead atoms. The van der Waals surface area contributed by atoms with E-state index in [4.69, 9.17) is 21.4 Å². The van der Waals surface area contributed by atoms with E-state index in [2.05, 4.69) is 9.97 Å². The fourth-order valence-electron chi connectivity index (χ4n) is 2.01. The normalized spacial score (nSPS) is 10.8. The summed E-state index contributed by atoms with van der Waals surface area (Å²) >= 11 is 4.88. The van der Waals surface area contributed by atoms with Crippen LogP contribution in [-0.4, -0.2) is 22.2 Å². The van der Waals surface area contributed by atoms with Gasteiger partial charge >= 0.3 is 0 Å². The Balaban J connectivity index is 2.43. The maximum absolute atomic E-state index is 9.86. The smallest absolute Gasteiger partial charge is 0.269 e. The zero-order chi connectivity index (χ0) is 13.4. The molecular weight excluding hydrogens is 264 g/mol. The molecule has 19 heavy (non-hydrogen) atoms. The molecule has 0 fully saturated rings. The lowest BCUT2D eigenvalue weighted by Crippen LogP contribution is -1.90. The topological polar surface area (TPSA) is 71.3 Å². The van der Waals surface area contributed by atoms with Crippen molar-refractivity contribution in [2.24, 2.45) is 0 Å². The third kappa shape index (κ3) is 1.86. The molecule has 2 N–H and O–H groups in total. The predicted molar refractivity (Wildman–Crippen MR) is 72.8 cm³/mol. The minimum atomic E-state index is -0.138. The van der Waals surface area contributed by atoms with Crippen molar-refractivity contribution in [2.75, 3.05) is 7.11 Å². The highest BCUT2D eigenvalue weighted by Crippen LogP contribution is 2.39. The molecule has 0 aliphatic heterocycles. The van der Waals surface area contributed by atoms with Crippen LogP contribution in [0.5, 0.6) is 11.6 Å². The van der Waals surface area contributed by atoms with Crippen molar-refractivity contribution in [3.8, 4) is 23.0 Å². The van der Waals surface area contributed by atoms with Crippen LogP contribution >= 0.6 is 12.2 Å². The van der Waals surface area contributed by atoms with Gasteiger partial charge < -0.3 is 14.3 Å². The number of fused-ring (bicyclic) bond motifs is 1. The fourth-order valence-corrected chi connectivity index (χ4v) is 2.19. The van der Waals surface area contributed by atoms with E-state index in [0.29, 0.717) is 16.8 Å². The van der Waals surface area contributed by atoms with Gasteiger partial charge in [-0.05, 0) is 30.4 Å². The number of nitrogens with zero attached hydrogens (tertiary/aromatic N) is 1. The first kappa shape index (κ1) is 11.7. The highest BCUT2D eigenvalue weighted by Gasteiger charge is 2.19. The molecule has 0 unspecified atom stereocenters. The molecule has 5 nitrogen and oxygen atoms in total. The summed E-state index contributed by atoms with van der Waals surface area (Å²) in [6, 6.07) is 7.45. The fraction of sp³-hybridized carbons (Fsp3) is 0.0769. The van der Waals surface area contributed by atoms with Gasteiger partial charge in [0.15, 0.2) is 0 Å². The van der Waals surface area contributed by atoms with Crippen LogP contribution in [0.15, 0.2) is 34.9 Å². The molecule has 2 heterocycles. The lowest BCUT2D eigenvalue weighted by molar-refractivity contribution is 0.413. The van der Waals surface area contributed by atoms with Crippen molar-refractivity contribution in [3.63, 3.8) is 0 Å². The molecule has 3 aromatic rings. The van der Waals surface area contributed by atoms with Crippen molar-refractivity contribution in [2.45, 2.75) is 0 Å². The molecule has 0 saturated carbocycles. The van der Waals surface area contributed by atoms with Gasteiger partial charge in [-0.25, -0.2) is 0 Å². The summed E-state index contributed by atoms with van der Waals surface area (Å²) in [5, 5.41) is 10.8. The first-order valence-electron chi connectivity index (χ1n) is 5.55. The minimum Gasteiger partial charge on any atom is -0.496 e. The minimum absolute atomic E-state index is 0.0995. The number of aromatic nitrogens is 2. The Bertz CT molecular complexity index is 807. The van der Waals surface area contributed by atoms with Crippen molar-refractivity contribution in [1.82, 2.24) is 9.97 Å². The maximum Gasteiger partial charge on any atom is 0.269 e. The molecule has 0 spiro atoms. The van der Waals surface area contributed by atoms with Crippen LogP contribution in [0.4, 0.5) is 0 Å². The van der Waals surface area contributed by atoms with E-state index < -0.39 is 0 Å². The number of hydrogen-bond acceptors (Lipinski definition) is 5. The number of pyridine rings is 1. The van der Waals surface area contributed by atoms with E-state index in [9.17, 15) is 5.11 Å². The maximum atomic E-state index is 9.86. The number of aromatic amines is 1. The summed E-state index contributed by atoms with van der Waals surface area (Å²) in [6.07, 6.45) is 1.67. The van der Waals surface area contributed by atoms with Gasteiger partial charge in [-0.15, -0.1) is 0 Å². The van der Waals surface area contributed by atoms with Crippen LogP contribution in [0.25, 0.3) is 22.2 Å². The van der Waals surface area contributed by atoms with Crippen LogP contribution in [0.3, 0.4) is 0 Å². The summed E-state index contributed by atoms with van der Waals surface area (Å²) in [4.78, 5) is 6.96. The first-order valence-corrected chi connectivity index (χ1v) is 5.95. The predicted octanol–water partition coefficient (Wildman–Crippen LogP) is 3.27. The number of aromatic hydroxyl groups is 1. The Kier molecular flexibility index (Phi) is 2.72. The molecular formula is C13H10N2O3S. The summed E-state index contributed by atoms with van der Waals surface area (Å²) < 4.78 is 10.7. The van der Waals surface area contributed by atoms with Crippen molar-refractivity contribution >= 4 is 23.1 Å². The zero-order valence-electron chi connectivity index (χ0n) is 10.0. The van der Waals surface area contributed by atoms with E-state index in [1.807, 2.05) is 18.2 Å². The van der Waals surface area contributed by atoms with E-state index >= 15 is 0 Å². The van der Waals surface area contributed by atoms with Crippen LogP contribution in [0.2, 0.25) is 0 Å². The van der Waals surface area contributed by atoms with Crippen LogP contribution in [0, 0.1) is 4.84 Å². The molecule has 0 aliphatic rings. The summed E-state index contributed by atoms with van der Waals surface area (Å²) in [5.41, 5.74) is 1.25. The first-order chi connectivity index (χ1) is 9.20. The monoisotopic (exact) mass is 274 g/mol. The van der Waals surface area contributed by atoms with Crippen LogP contribution < -0.4 is 4.74 Å². The van der Waals surface area contributed by atoms with E-state index in [1.165, 1.54) is 0 Å². The van der Waals surface area contributed by atoms with Gasteiger partial charge in [0.2, 0.25) is 11.6 Å². The molecule has 96 valence electrons. The number of oxazole rings is 1. The highest BCUT2D eigenvalue weighted by molar-refractivity contribution is 7.71. The third-order valence-corrected chi connectivity index (χ3v) is 3.00. The zero-order valence-corrected chi connectivity index (χ0v) is 10.8. The van der Waals surface area contributed by atoms with Crippen molar-refractivity contribution in [1.29, 1.82) is 0 Å². The quantitative estimate of drug-likeness (QED) is 0.702. The average molecular weight is 274 g/mol. The second-order valence-corrected chi connectivity index (χ2v) is 4.28. The number of ether oxygens (including phenoxy) is 1. The number of nitrogens with one attached hydrogen (secondary N) is 1. The summed E-state index contributed by atoms with van der Waals surface area (Å²) in [7, 11) is 1.55. The lowest BCUT2D eigenvalue weighted by Gasteiger charge is -2.09. The van der Waals surface area contributed by atoms with Gasteiger partial charge in [-0.1, -0.05) is 6.07 Å². The van der Waals surface area contributed by atoms with Crippen molar-refractivity contribution in [3.05, 3.63) is 35.3 Å². The van der Waals surface area contributed by atoms with Crippen LogP contribution in [-0.2, 0) is 0 Å². The molecule has 0 saturated heterocycles. The van der Waals surface area contributed by atoms with Gasteiger partial charge in [-0.2, -0.15) is 0 Å². The Morgan fingerprint density at radius 3 is 2.89 bits per heavy atom. The lowest BCUT2D eigenvalue weighted by atomic mass is 10.1. The SMILES string of the molecule is COc1ccc2cccnc2c1-c1oc(=S)[nH]c1O. The van der Waals surface area contributed by atoms with E-state index in [-0.39, 0.29) is 16.5 Å². The Hall–Kier alpha value is -2.34. The standard InChI is InChI=1S/C13H10N2O3S/c1-17-8-5-4-7-3-2-6-14-10(7)9(8)11-12(16)15-13(19)18-11/h2-6,16H,1H3,(H,15,19). The highest BCUT2D eigenvalue weighted by atomic mass is 32.1. The second kappa shape index (κ2) is 4.40. The summed E-state index contributed by atoms with van der Waals surface area (Å²) in [5.74, 6) is 0.645. The second-order valence-electron chi connectivity index (χ2n) is 3.91. The number of rotatable bonds is 2. The number of benzene rings is 1. The number of hydrogen-bond donors (Lipinski definition) is 2. The molecule has 0 aliphatic carbocycles. The molecule has 6 heteroatoms.